The lowest BCUT2D eigenvalue weighted by Gasteiger charge is -2.21. The molecule has 0 saturated heterocycles. The van der Waals surface area contributed by atoms with Gasteiger partial charge in [0.05, 0.1) is 19.1 Å². The number of nitrogens with two attached hydrogens (primary N) is 1. The van der Waals surface area contributed by atoms with Gasteiger partial charge in [-0.25, -0.2) is 5.84 Å². The number of hydrogen-bond donors (Lipinski definition) is 2. The van der Waals surface area contributed by atoms with Gasteiger partial charge in [0, 0.05) is 13.0 Å². The lowest BCUT2D eigenvalue weighted by molar-refractivity contribution is -0.131. The van der Waals surface area contributed by atoms with Crippen molar-refractivity contribution in [2.45, 2.75) is 52.6 Å². The Bertz CT molecular complexity index is 596. The van der Waals surface area contributed by atoms with Gasteiger partial charge in [-0.2, -0.15) is 0 Å². The topological polar surface area (TPSA) is 99.9 Å². The molecule has 0 bridgehead atoms. The zero-order valence-electron chi connectivity index (χ0n) is 17.5. The second kappa shape index (κ2) is 12.5. The second-order valence-corrected chi connectivity index (χ2v) is 7.68. The number of ether oxygens (including phenoxy) is 3. The summed E-state index contributed by atoms with van der Waals surface area (Å²) in [4.78, 5) is 24.2. The van der Waals surface area contributed by atoms with Crippen LogP contribution >= 0.6 is 0 Å². The summed E-state index contributed by atoms with van der Waals surface area (Å²) in [6.45, 7) is 9.41. The van der Waals surface area contributed by atoms with E-state index in [1.54, 1.807) is 0 Å². The molecule has 0 saturated carbocycles. The Morgan fingerprint density at radius 3 is 2.29 bits per heavy atom. The molecule has 1 atom stereocenters. The smallest absolute Gasteiger partial charge is 0.237 e. The number of rotatable bonds is 13. The molecule has 1 amide bonds. The summed E-state index contributed by atoms with van der Waals surface area (Å²) in [5.74, 6) is 4.98. The van der Waals surface area contributed by atoms with Crippen molar-refractivity contribution in [3.8, 4) is 5.75 Å². The Kier molecular flexibility index (Phi) is 10.7. The van der Waals surface area contributed by atoms with Crippen molar-refractivity contribution in [1.82, 2.24) is 5.43 Å². The lowest BCUT2D eigenvalue weighted by Crippen LogP contribution is -2.38. The molecule has 0 spiro atoms. The molecule has 0 aromatic heterocycles. The summed E-state index contributed by atoms with van der Waals surface area (Å²) in [5.41, 5.74) is 2.79. The molecule has 0 aliphatic carbocycles. The van der Waals surface area contributed by atoms with Crippen LogP contribution in [-0.2, 0) is 25.5 Å². The molecule has 0 aliphatic rings. The van der Waals surface area contributed by atoms with E-state index in [4.69, 9.17) is 20.1 Å². The van der Waals surface area contributed by atoms with Crippen molar-refractivity contribution in [1.29, 1.82) is 0 Å². The summed E-state index contributed by atoms with van der Waals surface area (Å²) in [6, 6.07) is 7.51. The number of Topliss-reactive ketones (excluding diaryl/α,β-unsaturated/α-hetero) is 1. The monoisotopic (exact) mass is 394 g/mol. The molecule has 0 heterocycles. The first-order chi connectivity index (χ1) is 13.2. The predicted octanol–water partition coefficient (Wildman–Crippen LogP) is 2.41. The Balaban J connectivity index is 2.54. The maximum Gasteiger partial charge on any atom is 0.237 e. The number of hydrazine groups is 1. The van der Waals surface area contributed by atoms with Crippen LogP contribution in [0.5, 0.6) is 5.75 Å². The predicted molar refractivity (Wildman–Crippen MR) is 108 cm³/mol. The van der Waals surface area contributed by atoms with Crippen LogP contribution in [0.4, 0.5) is 0 Å². The Morgan fingerprint density at radius 1 is 1.07 bits per heavy atom. The lowest BCUT2D eigenvalue weighted by atomic mass is 9.93. The molecular formula is C21H34N2O5. The average Bonchev–Trinajstić information content (AvgIpc) is 2.63. The number of amides is 1. The van der Waals surface area contributed by atoms with Crippen molar-refractivity contribution >= 4 is 11.7 Å². The van der Waals surface area contributed by atoms with Crippen LogP contribution in [-0.4, -0.2) is 43.7 Å². The van der Waals surface area contributed by atoms with E-state index in [0.29, 0.717) is 26.2 Å². The molecule has 28 heavy (non-hydrogen) atoms. The van der Waals surface area contributed by atoms with E-state index in [0.717, 1.165) is 17.7 Å². The molecule has 1 aromatic rings. The van der Waals surface area contributed by atoms with Crippen molar-refractivity contribution in [2.24, 2.45) is 11.8 Å². The Hall–Kier alpha value is -1.96. The van der Waals surface area contributed by atoms with Crippen LogP contribution in [0.3, 0.4) is 0 Å². The molecular weight excluding hydrogens is 360 g/mol. The van der Waals surface area contributed by atoms with Gasteiger partial charge in [-0.1, -0.05) is 19.1 Å². The van der Waals surface area contributed by atoms with Gasteiger partial charge in [0.1, 0.15) is 18.0 Å². The van der Waals surface area contributed by atoms with E-state index >= 15 is 0 Å². The maximum atomic E-state index is 12.2. The van der Waals surface area contributed by atoms with E-state index in [1.165, 1.54) is 0 Å². The van der Waals surface area contributed by atoms with Gasteiger partial charge in [-0.15, -0.1) is 0 Å². The standard InChI is InChI=1S/C21H34N2O5/c1-5-10-26-11-12-27-15-18(24)14-17(20(25)23-22)13-16-6-8-19(9-7-16)28-21(2,3)4/h6-9,17H,5,10-15,22H2,1-4H3,(H,23,25)/t17-/m1/s1. The number of ketones is 1. The quantitative estimate of drug-likeness (QED) is 0.231. The second-order valence-electron chi connectivity index (χ2n) is 7.68. The van der Waals surface area contributed by atoms with Crippen LogP contribution in [0.1, 0.15) is 46.1 Å². The normalized spacial score (nSPS) is 12.5. The number of carbonyl (C=O) groups excluding carboxylic acids is 2. The summed E-state index contributed by atoms with van der Waals surface area (Å²) >= 11 is 0. The Morgan fingerprint density at radius 2 is 1.71 bits per heavy atom. The van der Waals surface area contributed by atoms with Gasteiger partial charge < -0.3 is 14.2 Å². The van der Waals surface area contributed by atoms with Crippen LogP contribution in [0.25, 0.3) is 0 Å². The van der Waals surface area contributed by atoms with E-state index < -0.39 is 5.92 Å². The van der Waals surface area contributed by atoms with Crippen molar-refractivity contribution in [2.75, 3.05) is 26.4 Å². The number of benzene rings is 1. The molecule has 1 rings (SSSR count). The molecule has 0 fully saturated rings. The molecule has 158 valence electrons. The van der Waals surface area contributed by atoms with Crippen molar-refractivity contribution < 1.29 is 23.8 Å². The molecule has 0 radical (unpaired) electrons. The Labute approximate surface area is 167 Å². The van der Waals surface area contributed by atoms with Crippen molar-refractivity contribution in [3.63, 3.8) is 0 Å². The number of carbonyl (C=O) groups is 2. The van der Waals surface area contributed by atoms with E-state index in [9.17, 15) is 9.59 Å². The minimum Gasteiger partial charge on any atom is -0.488 e. The first kappa shape index (κ1) is 24.1. The van der Waals surface area contributed by atoms with E-state index in [-0.39, 0.29) is 30.3 Å². The fraction of sp³-hybridized carbons (Fsp3) is 0.619. The van der Waals surface area contributed by atoms with Crippen LogP contribution in [0.2, 0.25) is 0 Å². The zero-order valence-corrected chi connectivity index (χ0v) is 17.5. The van der Waals surface area contributed by atoms with Crippen LogP contribution in [0.15, 0.2) is 24.3 Å². The fourth-order valence-electron chi connectivity index (χ4n) is 2.59. The van der Waals surface area contributed by atoms with Gasteiger partial charge >= 0.3 is 0 Å². The third-order valence-electron chi connectivity index (χ3n) is 3.80. The SMILES string of the molecule is CCCOCCOCC(=O)C[C@@H](Cc1ccc(OC(C)(C)C)cc1)C(=O)NN. The summed E-state index contributed by atoms with van der Waals surface area (Å²) in [7, 11) is 0. The fourth-order valence-corrected chi connectivity index (χ4v) is 2.59. The highest BCUT2D eigenvalue weighted by molar-refractivity contribution is 5.87. The molecule has 7 heteroatoms. The number of nitrogens with one attached hydrogen (secondary N) is 1. The highest BCUT2D eigenvalue weighted by atomic mass is 16.5. The third-order valence-corrected chi connectivity index (χ3v) is 3.80. The first-order valence-electron chi connectivity index (χ1n) is 9.70. The summed E-state index contributed by atoms with van der Waals surface area (Å²) in [5, 5.41) is 0. The maximum absolute atomic E-state index is 12.2. The minimum atomic E-state index is -0.549. The van der Waals surface area contributed by atoms with Crippen LogP contribution < -0.4 is 16.0 Å². The molecule has 7 nitrogen and oxygen atoms in total. The van der Waals surface area contributed by atoms with Crippen LogP contribution in [0, 0.1) is 5.92 Å². The van der Waals surface area contributed by atoms with E-state index in [2.05, 4.69) is 5.43 Å². The molecule has 1 aromatic carbocycles. The average molecular weight is 395 g/mol. The molecule has 3 N–H and O–H groups in total. The zero-order chi connectivity index (χ0) is 21.0. The van der Waals surface area contributed by atoms with Gasteiger partial charge in [-0.05, 0) is 51.3 Å². The highest BCUT2D eigenvalue weighted by Gasteiger charge is 2.22. The summed E-state index contributed by atoms with van der Waals surface area (Å²) in [6.07, 6.45) is 1.42. The molecule has 0 aliphatic heterocycles. The highest BCUT2D eigenvalue weighted by Crippen LogP contribution is 2.21. The minimum absolute atomic E-state index is 0.0395. The molecule has 0 unspecified atom stereocenters. The van der Waals surface area contributed by atoms with Gasteiger partial charge in [0.15, 0.2) is 5.78 Å². The largest absolute Gasteiger partial charge is 0.488 e. The number of hydrogen-bond acceptors (Lipinski definition) is 6. The summed E-state index contributed by atoms with van der Waals surface area (Å²) < 4.78 is 16.4. The van der Waals surface area contributed by atoms with Gasteiger partial charge in [-0.3, -0.25) is 15.0 Å². The third kappa shape index (κ3) is 10.4. The van der Waals surface area contributed by atoms with E-state index in [1.807, 2.05) is 52.0 Å². The van der Waals surface area contributed by atoms with Gasteiger partial charge in [0.2, 0.25) is 5.91 Å². The van der Waals surface area contributed by atoms with Gasteiger partial charge in [0.25, 0.3) is 0 Å². The first-order valence-corrected chi connectivity index (χ1v) is 9.70. The van der Waals surface area contributed by atoms with Crippen molar-refractivity contribution in [3.05, 3.63) is 29.8 Å².